The Kier molecular flexibility index (Phi) is 4.51. The summed E-state index contributed by atoms with van der Waals surface area (Å²) in [6.45, 7) is 4.92. The molecule has 7 nitrogen and oxygen atoms in total. The van der Waals surface area contributed by atoms with E-state index in [4.69, 9.17) is 0 Å². The number of carboxylic acid groups (broad SMARTS) is 1. The van der Waals surface area contributed by atoms with E-state index in [1.165, 1.54) is 0 Å². The summed E-state index contributed by atoms with van der Waals surface area (Å²) < 4.78 is 0. The van der Waals surface area contributed by atoms with Crippen molar-refractivity contribution in [1.82, 2.24) is 15.5 Å². The number of rotatable bonds is 4. The van der Waals surface area contributed by atoms with Gasteiger partial charge in [-0.15, -0.1) is 0 Å². The van der Waals surface area contributed by atoms with Gasteiger partial charge in [0.25, 0.3) is 0 Å². The molecule has 3 N–H and O–H groups in total. The fourth-order valence-electron chi connectivity index (χ4n) is 3.56. The molecule has 2 fully saturated rings. The van der Waals surface area contributed by atoms with Crippen molar-refractivity contribution in [3.05, 3.63) is 0 Å². The highest BCUT2D eigenvalue weighted by atomic mass is 16.4. The van der Waals surface area contributed by atoms with Crippen LogP contribution in [0.3, 0.4) is 0 Å². The van der Waals surface area contributed by atoms with Gasteiger partial charge in [0.15, 0.2) is 0 Å². The Balaban J connectivity index is 1.99. The molecule has 2 aliphatic rings. The molecule has 1 heterocycles. The molecular weight excluding hydrogens is 274 g/mol. The van der Waals surface area contributed by atoms with Crippen molar-refractivity contribution >= 4 is 17.9 Å². The number of nitrogens with one attached hydrogen (secondary N) is 2. The number of imide groups is 1. The lowest BCUT2D eigenvalue weighted by molar-refractivity contribution is -0.149. The van der Waals surface area contributed by atoms with Gasteiger partial charge >= 0.3 is 12.0 Å². The normalized spacial score (nSPS) is 29.7. The van der Waals surface area contributed by atoms with Gasteiger partial charge in [0, 0.05) is 19.6 Å². The highest BCUT2D eigenvalue weighted by Crippen LogP contribution is 2.49. The predicted octanol–water partition coefficient (Wildman–Crippen LogP) is 0.407. The zero-order chi connectivity index (χ0) is 15.6. The molecule has 1 saturated heterocycles. The van der Waals surface area contributed by atoms with Crippen molar-refractivity contribution in [3.8, 4) is 0 Å². The van der Waals surface area contributed by atoms with E-state index in [0.717, 1.165) is 12.8 Å². The van der Waals surface area contributed by atoms with Gasteiger partial charge in [-0.05, 0) is 32.6 Å². The molecule has 0 bridgehead atoms. The van der Waals surface area contributed by atoms with Crippen molar-refractivity contribution in [1.29, 1.82) is 0 Å². The summed E-state index contributed by atoms with van der Waals surface area (Å²) in [7, 11) is 0. The van der Waals surface area contributed by atoms with Crippen LogP contribution in [0.4, 0.5) is 4.79 Å². The minimum Gasteiger partial charge on any atom is -0.481 e. The van der Waals surface area contributed by atoms with Crippen LogP contribution < -0.4 is 10.6 Å². The first-order chi connectivity index (χ1) is 9.90. The third-order valence-electron chi connectivity index (χ3n) is 4.82. The molecule has 0 aromatic carbocycles. The van der Waals surface area contributed by atoms with E-state index in [1.54, 1.807) is 13.8 Å². The quantitative estimate of drug-likeness (QED) is 0.698. The van der Waals surface area contributed by atoms with Crippen molar-refractivity contribution < 1.29 is 19.5 Å². The summed E-state index contributed by atoms with van der Waals surface area (Å²) in [5.41, 5.74) is -0.708. The van der Waals surface area contributed by atoms with Gasteiger partial charge in [0.05, 0.1) is 11.5 Å². The maximum atomic E-state index is 12.0. The minimum absolute atomic E-state index is 0.106. The monoisotopic (exact) mass is 297 g/mol. The van der Waals surface area contributed by atoms with Crippen molar-refractivity contribution in [2.75, 3.05) is 19.6 Å². The largest absolute Gasteiger partial charge is 0.481 e. The van der Waals surface area contributed by atoms with E-state index < -0.39 is 23.5 Å². The topological polar surface area (TPSA) is 98.7 Å². The van der Waals surface area contributed by atoms with Gasteiger partial charge in [0.1, 0.15) is 0 Å². The summed E-state index contributed by atoms with van der Waals surface area (Å²) in [6.07, 6.45) is 2.51. The van der Waals surface area contributed by atoms with Crippen LogP contribution in [-0.4, -0.2) is 53.6 Å². The van der Waals surface area contributed by atoms with Crippen LogP contribution >= 0.6 is 0 Å². The van der Waals surface area contributed by atoms with Gasteiger partial charge in [-0.2, -0.15) is 0 Å². The molecular formula is C14H23N3O4. The Hall–Kier alpha value is -1.63. The fourth-order valence-corrected chi connectivity index (χ4v) is 3.56. The molecule has 118 valence electrons. The molecule has 2 rings (SSSR count). The second-order valence-corrected chi connectivity index (χ2v) is 6.00. The highest BCUT2D eigenvalue weighted by molar-refractivity contribution is 5.96. The predicted molar refractivity (Wildman–Crippen MR) is 75.7 cm³/mol. The number of hydrogen-bond acceptors (Lipinski definition) is 4. The standard InChI is InChI=1S/C14H23N3O4/c1-3-15-13(21)16-11(18)9(2)17-7-10-5-4-6-14(10,8-17)12(19)20/h9-10H,3-8H2,1-2H3,(H,19,20)(H2,15,16,18,21)/t9?,10-,14+/m0/s1. The Morgan fingerprint density at radius 3 is 2.71 bits per heavy atom. The number of carboxylic acids is 1. The molecule has 1 aliphatic heterocycles. The highest BCUT2D eigenvalue weighted by Gasteiger charge is 2.55. The van der Waals surface area contributed by atoms with E-state index in [2.05, 4.69) is 10.6 Å². The molecule has 1 aliphatic carbocycles. The van der Waals surface area contributed by atoms with Crippen LogP contribution in [-0.2, 0) is 9.59 Å². The number of carbonyl (C=O) groups excluding carboxylic acids is 2. The molecule has 21 heavy (non-hydrogen) atoms. The van der Waals surface area contributed by atoms with Crippen molar-refractivity contribution in [2.45, 2.75) is 39.2 Å². The smallest absolute Gasteiger partial charge is 0.321 e. The lowest BCUT2D eigenvalue weighted by Crippen LogP contribution is -2.49. The summed E-state index contributed by atoms with van der Waals surface area (Å²) >= 11 is 0. The molecule has 1 unspecified atom stereocenters. The fraction of sp³-hybridized carbons (Fsp3) is 0.786. The van der Waals surface area contributed by atoms with Crippen LogP contribution in [0, 0.1) is 11.3 Å². The van der Waals surface area contributed by atoms with E-state index in [-0.39, 0.29) is 11.8 Å². The molecule has 0 aromatic heterocycles. The number of aliphatic carboxylic acids is 1. The molecule has 7 heteroatoms. The Morgan fingerprint density at radius 2 is 2.14 bits per heavy atom. The number of fused-ring (bicyclic) bond motifs is 1. The molecule has 0 aromatic rings. The van der Waals surface area contributed by atoms with Gasteiger partial charge in [-0.25, -0.2) is 4.79 Å². The summed E-state index contributed by atoms with van der Waals surface area (Å²) in [5, 5.41) is 14.3. The Morgan fingerprint density at radius 1 is 1.43 bits per heavy atom. The molecule has 3 amide bonds. The molecule has 3 atom stereocenters. The van der Waals surface area contributed by atoms with Crippen LogP contribution in [0.2, 0.25) is 0 Å². The number of carbonyl (C=O) groups is 3. The summed E-state index contributed by atoms with van der Waals surface area (Å²) in [5.74, 6) is -1.04. The van der Waals surface area contributed by atoms with Crippen molar-refractivity contribution in [3.63, 3.8) is 0 Å². The number of urea groups is 1. The first-order valence-corrected chi connectivity index (χ1v) is 7.47. The zero-order valence-electron chi connectivity index (χ0n) is 12.5. The van der Waals surface area contributed by atoms with E-state index in [9.17, 15) is 19.5 Å². The summed E-state index contributed by atoms with van der Waals surface area (Å²) in [6, 6.07) is -1.02. The van der Waals surface area contributed by atoms with E-state index >= 15 is 0 Å². The number of hydrogen-bond donors (Lipinski definition) is 3. The van der Waals surface area contributed by atoms with Gasteiger partial charge in [-0.3, -0.25) is 19.8 Å². The third-order valence-corrected chi connectivity index (χ3v) is 4.82. The van der Waals surface area contributed by atoms with Crippen molar-refractivity contribution in [2.24, 2.45) is 11.3 Å². The lowest BCUT2D eigenvalue weighted by Gasteiger charge is -2.26. The van der Waals surface area contributed by atoms with Crippen LogP contribution in [0.15, 0.2) is 0 Å². The maximum absolute atomic E-state index is 12.0. The average Bonchev–Trinajstić information content (AvgIpc) is 2.95. The van der Waals surface area contributed by atoms with Crippen LogP contribution in [0.5, 0.6) is 0 Å². The van der Waals surface area contributed by atoms with Crippen LogP contribution in [0.1, 0.15) is 33.1 Å². The SMILES string of the molecule is CCNC(=O)NC(=O)C(C)N1C[C@@H]2CCC[C@@]2(C(=O)O)C1. The second-order valence-electron chi connectivity index (χ2n) is 6.00. The molecule has 0 spiro atoms. The molecule has 0 radical (unpaired) electrons. The Labute approximate surface area is 124 Å². The molecule has 1 saturated carbocycles. The Bertz CT molecular complexity index is 454. The first kappa shape index (κ1) is 15.8. The number of amides is 3. The van der Waals surface area contributed by atoms with Gasteiger partial charge < -0.3 is 10.4 Å². The zero-order valence-corrected chi connectivity index (χ0v) is 12.5. The van der Waals surface area contributed by atoms with Crippen LogP contribution in [0.25, 0.3) is 0 Å². The summed E-state index contributed by atoms with van der Waals surface area (Å²) in [4.78, 5) is 36.9. The van der Waals surface area contributed by atoms with E-state index in [1.807, 2.05) is 4.90 Å². The number of likely N-dealkylation sites (tertiary alicyclic amines) is 1. The van der Waals surface area contributed by atoms with Gasteiger partial charge in [0.2, 0.25) is 5.91 Å². The maximum Gasteiger partial charge on any atom is 0.321 e. The second kappa shape index (κ2) is 6.01. The van der Waals surface area contributed by atoms with Gasteiger partial charge in [-0.1, -0.05) is 6.42 Å². The number of nitrogens with zero attached hydrogens (tertiary/aromatic N) is 1. The third kappa shape index (κ3) is 2.88. The minimum atomic E-state index is -0.760. The lowest BCUT2D eigenvalue weighted by atomic mass is 9.81. The average molecular weight is 297 g/mol. The first-order valence-electron chi connectivity index (χ1n) is 7.47. The van der Waals surface area contributed by atoms with E-state index in [0.29, 0.717) is 26.1 Å².